The third-order valence-corrected chi connectivity index (χ3v) is 3.43. The minimum atomic E-state index is -1.83. The highest BCUT2D eigenvalue weighted by Crippen LogP contribution is 2.35. The van der Waals surface area contributed by atoms with Crippen molar-refractivity contribution in [1.82, 2.24) is 0 Å². The molecular weight excluding hydrogens is 258 g/mol. The van der Waals surface area contributed by atoms with Crippen LogP contribution in [-0.2, 0) is 0 Å². The molecule has 0 radical (unpaired) electrons. The van der Waals surface area contributed by atoms with Crippen LogP contribution in [0.3, 0.4) is 0 Å². The van der Waals surface area contributed by atoms with Gasteiger partial charge in [0.2, 0.25) is 0 Å². The van der Waals surface area contributed by atoms with E-state index in [2.05, 4.69) is 0 Å². The summed E-state index contributed by atoms with van der Waals surface area (Å²) in [4.78, 5) is 0.827. The van der Waals surface area contributed by atoms with Gasteiger partial charge in [-0.3, -0.25) is 0 Å². The zero-order chi connectivity index (χ0) is 12.4. The Kier molecular flexibility index (Phi) is 3.84. The number of benzene rings is 2. The predicted molar refractivity (Wildman–Crippen MR) is 71.6 cm³/mol. The second-order valence-corrected chi connectivity index (χ2v) is 4.66. The zero-order valence-electron chi connectivity index (χ0n) is 9.05. The molecule has 3 nitrogen and oxygen atoms in total. The molecule has 2 N–H and O–H groups in total. The quantitative estimate of drug-likeness (QED) is 0.663. The van der Waals surface area contributed by atoms with Gasteiger partial charge in [-0.1, -0.05) is 23.7 Å². The summed E-state index contributed by atoms with van der Waals surface area (Å²) >= 11 is 7.54. The number of hydrogen-bond acceptors (Lipinski definition) is 4. The Morgan fingerprint density at radius 1 is 1.29 bits per heavy atom. The largest absolute Gasteiger partial charge is 0.707 e. The molecule has 0 spiro atoms. The average molecular weight is 269 g/mol. The van der Waals surface area contributed by atoms with E-state index in [-0.39, 0.29) is 0 Å². The molecule has 0 unspecified atom stereocenters. The summed E-state index contributed by atoms with van der Waals surface area (Å²) in [6, 6.07) is 9.21. The van der Waals surface area contributed by atoms with Crippen LogP contribution in [0.25, 0.3) is 10.8 Å². The summed E-state index contributed by atoms with van der Waals surface area (Å²) in [5.74, 6) is 0.410. The van der Waals surface area contributed by atoms with E-state index >= 15 is 0 Å². The fourth-order valence-electron chi connectivity index (χ4n) is 1.61. The van der Waals surface area contributed by atoms with Gasteiger partial charge >= 0.3 is 7.32 Å². The van der Waals surface area contributed by atoms with E-state index < -0.39 is 7.32 Å². The number of hydrogen-bond donors (Lipinski definition) is 2. The molecule has 0 amide bonds. The molecule has 17 heavy (non-hydrogen) atoms. The Labute approximate surface area is 109 Å². The maximum absolute atomic E-state index is 8.86. The summed E-state index contributed by atoms with van der Waals surface area (Å²) in [6.45, 7) is 0. The summed E-state index contributed by atoms with van der Waals surface area (Å²) in [6.07, 6.45) is 1.89. The Balaban J connectivity index is 2.61. The Morgan fingerprint density at radius 2 is 2.06 bits per heavy atom. The number of thioether (sulfide) groups is 1. The van der Waals surface area contributed by atoms with Gasteiger partial charge in [-0.25, -0.2) is 0 Å². The second kappa shape index (κ2) is 5.18. The van der Waals surface area contributed by atoms with Crippen molar-refractivity contribution in [1.29, 1.82) is 0 Å². The van der Waals surface area contributed by atoms with Crippen LogP contribution >= 0.6 is 23.4 Å². The minimum absolute atomic E-state index is 0.410. The van der Waals surface area contributed by atoms with E-state index in [1.807, 2.05) is 24.5 Å². The third kappa shape index (κ3) is 2.69. The van der Waals surface area contributed by atoms with E-state index in [9.17, 15) is 0 Å². The molecule has 2 rings (SSSR count). The SMILES string of the molecule is CSc1cc2cccc(Cl)c2cc1OB(O)O. The molecule has 0 heterocycles. The first-order valence-electron chi connectivity index (χ1n) is 4.91. The van der Waals surface area contributed by atoms with Crippen LogP contribution in [0, 0.1) is 0 Å². The molecule has 0 saturated carbocycles. The zero-order valence-corrected chi connectivity index (χ0v) is 10.6. The lowest BCUT2D eigenvalue weighted by molar-refractivity contribution is 0.285. The van der Waals surface area contributed by atoms with Gasteiger partial charge in [-0.2, -0.15) is 0 Å². The predicted octanol–water partition coefficient (Wildman–Crippen LogP) is 2.56. The number of rotatable bonds is 3. The summed E-state index contributed by atoms with van der Waals surface area (Å²) in [7, 11) is -1.83. The molecule has 0 saturated heterocycles. The maximum Gasteiger partial charge on any atom is 0.707 e. The van der Waals surface area contributed by atoms with E-state index in [1.54, 1.807) is 12.1 Å². The maximum atomic E-state index is 8.86. The number of fused-ring (bicyclic) bond motifs is 1. The van der Waals surface area contributed by atoms with Crippen LogP contribution in [0.5, 0.6) is 5.75 Å². The Hall–Kier alpha value is -0.875. The summed E-state index contributed by atoms with van der Waals surface area (Å²) in [5, 5.41) is 20.1. The lowest BCUT2D eigenvalue weighted by Gasteiger charge is -2.11. The third-order valence-electron chi connectivity index (χ3n) is 2.34. The fraction of sp³-hybridized carbons (Fsp3) is 0.0909. The van der Waals surface area contributed by atoms with Crippen molar-refractivity contribution in [3.05, 3.63) is 35.4 Å². The molecule has 0 aliphatic heterocycles. The standard InChI is InChI=1S/C11H10BClO3S/c1-17-11-5-7-3-2-4-9(13)8(7)6-10(11)16-12(14)15/h2-6,14-15H,1H3. The molecule has 0 aliphatic rings. The van der Waals surface area contributed by atoms with E-state index in [1.165, 1.54) is 11.8 Å². The lowest BCUT2D eigenvalue weighted by Crippen LogP contribution is -2.20. The summed E-state index contributed by atoms with van der Waals surface area (Å²) < 4.78 is 4.93. The van der Waals surface area contributed by atoms with Crippen LogP contribution in [0.15, 0.2) is 35.2 Å². The fourth-order valence-corrected chi connectivity index (χ4v) is 2.40. The number of halogens is 1. The highest BCUT2D eigenvalue weighted by molar-refractivity contribution is 7.98. The molecule has 0 fully saturated rings. The van der Waals surface area contributed by atoms with Gasteiger partial charge in [0.15, 0.2) is 0 Å². The van der Waals surface area contributed by atoms with Crippen molar-refractivity contribution in [3.8, 4) is 5.75 Å². The topological polar surface area (TPSA) is 49.7 Å². The van der Waals surface area contributed by atoms with E-state index in [4.69, 9.17) is 26.3 Å². The molecule has 0 aliphatic carbocycles. The van der Waals surface area contributed by atoms with Gasteiger partial charge in [-0.15, -0.1) is 11.8 Å². The van der Waals surface area contributed by atoms with Crippen molar-refractivity contribution in [2.24, 2.45) is 0 Å². The smallest absolute Gasteiger partial charge is 0.511 e. The van der Waals surface area contributed by atoms with Crippen LogP contribution < -0.4 is 4.65 Å². The van der Waals surface area contributed by atoms with Crippen LogP contribution in [0.1, 0.15) is 0 Å². The van der Waals surface area contributed by atoms with Gasteiger partial charge in [-0.05, 0) is 29.8 Å². The van der Waals surface area contributed by atoms with Crippen LogP contribution in [0.2, 0.25) is 5.02 Å². The second-order valence-electron chi connectivity index (χ2n) is 3.41. The monoisotopic (exact) mass is 268 g/mol. The van der Waals surface area contributed by atoms with Crippen molar-refractivity contribution >= 4 is 41.5 Å². The van der Waals surface area contributed by atoms with Crippen molar-refractivity contribution in [3.63, 3.8) is 0 Å². The van der Waals surface area contributed by atoms with Crippen molar-refractivity contribution < 1.29 is 14.7 Å². The van der Waals surface area contributed by atoms with Gasteiger partial charge in [0, 0.05) is 15.3 Å². The Bertz CT molecular complexity index is 547. The van der Waals surface area contributed by atoms with Crippen molar-refractivity contribution in [2.45, 2.75) is 4.90 Å². The molecule has 88 valence electrons. The van der Waals surface area contributed by atoms with E-state index in [0.717, 1.165) is 15.7 Å². The summed E-state index contributed by atoms with van der Waals surface area (Å²) in [5.41, 5.74) is 0. The Morgan fingerprint density at radius 3 is 2.71 bits per heavy atom. The first-order chi connectivity index (χ1) is 8.11. The lowest BCUT2D eigenvalue weighted by atomic mass is 10.1. The van der Waals surface area contributed by atoms with Gasteiger partial charge < -0.3 is 14.7 Å². The van der Waals surface area contributed by atoms with Crippen LogP contribution in [0.4, 0.5) is 0 Å². The van der Waals surface area contributed by atoms with E-state index in [0.29, 0.717) is 10.8 Å². The highest BCUT2D eigenvalue weighted by atomic mass is 35.5. The molecule has 6 heteroatoms. The van der Waals surface area contributed by atoms with Crippen LogP contribution in [-0.4, -0.2) is 23.6 Å². The van der Waals surface area contributed by atoms with Gasteiger partial charge in [0.05, 0.1) is 0 Å². The first-order valence-corrected chi connectivity index (χ1v) is 6.51. The first kappa shape index (κ1) is 12.6. The van der Waals surface area contributed by atoms with Gasteiger partial charge in [0.1, 0.15) is 5.75 Å². The average Bonchev–Trinajstić information content (AvgIpc) is 2.29. The molecule has 0 atom stereocenters. The minimum Gasteiger partial charge on any atom is -0.511 e. The van der Waals surface area contributed by atoms with Crippen molar-refractivity contribution in [2.75, 3.05) is 6.26 Å². The highest BCUT2D eigenvalue weighted by Gasteiger charge is 2.15. The molecule has 0 aromatic heterocycles. The molecular formula is C11H10BClO3S. The molecule has 0 bridgehead atoms. The molecule has 2 aromatic rings. The van der Waals surface area contributed by atoms with Gasteiger partial charge in [0.25, 0.3) is 0 Å². The normalized spacial score (nSPS) is 10.6. The molecule has 2 aromatic carbocycles.